The van der Waals surface area contributed by atoms with Gasteiger partial charge in [-0.15, -0.1) is 5.10 Å². The molecule has 1 saturated heterocycles. The summed E-state index contributed by atoms with van der Waals surface area (Å²) >= 11 is 0. The summed E-state index contributed by atoms with van der Waals surface area (Å²) in [6.07, 6.45) is -5.96. The molecule has 0 bridgehead atoms. The van der Waals surface area contributed by atoms with E-state index in [9.17, 15) is 19.9 Å². The molecular weight excluding hydrogens is 345 g/mol. The second kappa shape index (κ2) is 7.98. The third-order valence-corrected chi connectivity index (χ3v) is 4.52. The van der Waals surface area contributed by atoms with Crippen LogP contribution in [0, 0.1) is 0 Å². The van der Waals surface area contributed by atoms with E-state index in [1.165, 1.54) is 0 Å². The Morgan fingerprint density at radius 1 is 1.29 bits per heavy atom. The lowest BCUT2D eigenvalue weighted by Crippen LogP contribution is -2.58. The zero-order valence-corrected chi connectivity index (χ0v) is 13.9. The number of ether oxygens (including phenoxy) is 2. The van der Waals surface area contributed by atoms with Gasteiger partial charge in [0.2, 0.25) is 0 Å². The molecule has 0 aromatic carbocycles. The first kappa shape index (κ1) is 19.4. The molecule has 5 N–H and O–H groups in total. The largest absolute Gasteiger partial charge is 0.388 e. The summed E-state index contributed by atoms with van der Waals surface area (Å²) in [6.45, 7) is 2.47. The second-order valence-corrected chi connectivity index (χ2v) is 7.34. The van der Waals surface area contributed by atoms with Crippen molar-refractivity contribution in [2.24, 2.45) is 0 Å². The van der Waals surface area contributed by atoms with Crippen molar-refractivity contribution >= 4 is 7.60 Å². The predicted octanol–water partition coefficient (Wildman–Crippen LogP) is -1.81. The van der Waals surface area contributed by atoms with Crippen LogP contribution < -0.4 is 0 Å². The number of aliphatic hydroxyl groups excluding tert-OH is 3. The number of hydrogen-bond donors (Lipinski definition) is 5. The fraction of sp³-hybridized carbons (Fsp3) is 0.833. The summed E-state index contributed by atoms with van der Waals surface area (Å²) in [4.78, 5) is 17.8. The Morgan fingerprint density at radius 3 is 2.58 bits per heavy atom. The Kier molecular flexibility index (Phi) is 6.46. The number of aromatic nitrogens is 3. The first-order valence-electron chi connectivity index (χ1n) is 7.46. The number of aliphatic hydroxyl groups is 3. The van der Waals surface area contributed by atoms with Crippen LogP contribution in [0.15, 0.2) is 6.20 Å². The van der Waals surface area contributed by atoms with Crippen molar-refractivity contribution in [2.75, 3.05) is 6.16 Å². The second-order valence-electron chi connectivity index (χ2n) is 5.57. The summed E-state index contributed by atoms with van der Waals surface area (Å²) in [7, 11) is -4.27. The van der Waals surface area contributed by atoms with E-state index in [4.69, 9.17) is 19.3 Å². The molecule has 12 heteroatoms. The Bertz CT molecular complexity index is 578. The van der Waals surface area contributed by atoms with Crippen molar-refractivity contribution in [3.05, 3.63) is 11.9 Å². The summed E-state index contributed by atoms with van der Waals surface area (Å²) in [5.74, 6) is 0. The fourth-order valence-electron chi connectivity index (χ4n) is 2.32. The maximum atomic E-state index is 10.9. The highest BCUT2D eigenvalue weighted by Gasteiger charge is 2.44. The quantitative estimate of drug-likeness (QED) is 0.346. The van der Waals surface area contributed by atoms with Gasteiger partial charge >= 0.3 is 7.60 Å². The van der Waals surface area contributed by atoms with Crippen molar-refractivity contribution in [1.82, 2.24) is 15.0 Å². The Morgan fingerprint density at radius 2 is 2.00 bits per heavy atom. The van der Waals surface area contributed by atoms with Crippen LogP contribution in [0.4, 0.5) is 0 Å². The van der Waals surface area contributed by atoms with Crippen molar-refractivity contribution in [1.29, 1.82) is 0 Å². The minimum absolute atomic E-state index is 0.0459. The molecular formula is C12H22N3O8P. The summed E-state index contributed by atoms with van der Waals surface area (Å²) in [6, 6.07) is 0. The zero-order valence-electron chi connectivity index (χ0n) is 13.0. The molecule has 0 amide bonds. The summed E-state index contributed by atoms with van der Waals surface area (Å²) in [5, 5.41) is 37.3. The lowest BCUT2D eigenvalue weighted by Gasteiger charge is -2.40. The molecule has 11 nitrogen and oxygen atoms in total. The fourth-order valence-corrected chi connectivity index (χ4v) is 2.91. The van der Waals surface area contributed by atoms with Gasteiger partial charge in [-0.2, -0.15) is 0 Å². The first-order valence-corrected chi connectivity index (χ1v) is 9.26. The minimum atomic E-state index is -4.27. The highest BCUT2D eigenvalue weighted by molar-refractivity contribution is 7.51. The third-order valence-electron chi connectivity index (χ3n) is 3.68. The molecule has 0 radical (unpaired) electrons. The summed E-state index contributed by atoms with van der Waals surface area (Å²) in [5.41, 5.74) is 0.486. The first-order chi connectivity index (χ1) is 11.2. The average Bonchev–Trinajstić information content (AvgIpc) is 2.98. The Labute approximate surface area is 138 Å². The molecule has 2 heterocycles. The molecule has 5 atom stereocenters. The molecule has 1 aromatic heterocycles. The van der Waals surface area contributed by atoms with Gasteiger partial charge in [-0.1, -0.05) is 5.21 Å². The van der Waals surface area contributed by atoms with Crippen LogP contribution in [-0.2, 0) is 27.2 Å². The molecule has 138 valence electrons. The van der Waals surface area contributed by atoms with Crippen molar-refractivity contribution in [3.63, 3.8) is 0 Å². The van der Waals surface area contributed by atoms with Gasteiger partial charge in [-0.05, 0) is 13.3 Å². The number of nitrogens with zero attached hydrogens (tertiary/aromatic N) is 3. The molecule has 24 heavy (non-hydrogen) atoms. The molecule has 1 fully saturated rings. The van der Waals surface area contributed by atoms with Crippen LogP contribution in [0.2, 0.25) is 0 Å². The lowest BCUT2D eigenvalue weighted by atomic mass is 9.97. The Balaban J connectivity index is 1.95. The molecule has 0 saturated carbocycles. The maximum Gasteiger partial charge on any atom is 0.325 e. The van der Waals surface area contributed by atoms with E-state index in [1.54, 1.807) is 10.9 Å². The van der Waals surface area contributed by atoms with Gasteiger partial charge in [-0.25, -0.2) is 0 Å². The minimum Gasteiger partial charge on any atom is -0.388 e. The zero-order chi connectivity index (χ0) is 17.9. The molecule has 1 aromatic rings. The van der Waals surface area contributed by atoms with Crippen LogP contribution in [0.25, 0.3) is 0 Å². The van der Waals surface area contributed by atoms with E-state index >= 15 is 0 Å². The Hall–Kier alpha value is -0.910. The summed E-state index contributed by atoms with van der Waals surface area (Å²) < 4.78 is 23.2. The van der Waals surface area contributed by atoms with E-state index < -0.39 is 44.5 Å². The number of rotatable bonds is 7. The normalized spacial score (nSPS) is 31.3. The van der Waals surface area contributed by atoms with Gasteiger partial charge < -0.3 is 34.6 Å². The van der Waals surface area contributed by atoms with Crippen molar-refractivity contribution in [3.8, 4) is 0 Å². The van der Waals surface area contributed by atoms with Crippen LogP contribution in [-0.4, -0.2) is 77.0 Å². The van der Waals surface area contributed by atoms with Gasteiger partial charge in [-0.3, -0.25) is 9.25 Å². The number of aryl methyl sites for hydroxylation is 1. The molecule has 2 rings (SSSR count). The van der Waals surface area contributed by atoms with Gasteiger partial charge in [0.1, 0.15) is 24.0 Å². The van der Waals surface area contributed by atoms with Gasteiger partial charge in [0, 0.05) is 6.54 Å². The molecule has 1 aliphatic rings. The number of hydrogen-bond acceptors (Lipinski definition) is 8. The standard InChI is InChI=1S/C12H22N3O8P/c1-2-15-5-7(13-14-15)6-22-12-11(18)10(17)9(16)8(23-12)3-4-24(19,20)21/h5,8-12,16-18H,2-4,6H2,1H3,(H2,19,20,21). The van der Waals surface area contributed by atoms with E-state index in [0.717, 1.165) is 0 Å². The van der Waals surface area contributed by atoms with Gasteiger partial charge in [0.15, 0.2) is 6.29 Å². The van der Waals surface area contributed by atoms with Crippen molar-refractivity contribution < 1.29 is 39.1 Å². The SMILES string of the molecule is CCn1cc(COC2OC(CCP(=O)(O)O)C(O)C(O)C2O)nn1. The van der Waals surface area contributed by atoms with E-state index in [2.05, 4.69) is 10.3 Å². The van der Waals surface area contributed by atoms with Crippen LogP contribution in [0.5, 0.6) is 0 Å². The average molecular weight is 367 g/mol. The molecule has 5 unspecified atom stereocenters. The van der Waals surface area contributed by atoms with E-state index in [-0.39, 0.29) is 13.0 Å². The van der Waals surface area contributed by atoms with Gasteiger partial charge in [0.25, 0.3) is 0 Å². The molecule has 0 spiro atoms. The van der Waals surface area contributed by atoms with Crippen LogP contribution in [0.1, 0.15) is 19.0 Å². The highest BCUT2D eigenvalue weighted by Crippen LogP contribution is 2.37. The lowest BCUT2D eigenvalue weighted by molar-refractivity contribution is -0.300. The van der Waals surface area contributed by atoms with Crippen molar-refractivity contribution in [2.45, 2.75) is 57.2 Å². The molecule has 1 aliphatic heterocycles. The predicted molar refractivity (Wildman–Crippen MR) is 78.7 cm³/mol. The van der Waals surface area contributed by atoms with E-state index in [0.29, 0.717) is 12.2 Å². The van der Waals surface area contributed by atoms with Crippen LogP contribution >= 0.6 is 7.60 Å². The molecule has 0 aliphatic carbocycles. The smallest absolute Gasteiger partial charge is 0.325 e. The maximum absolute atomic E-state index is 10.9. The third kappa shape index (κ3) is 5.04. The van der Waals surface area contributed by atoms with Gasteiger partial charge in [0.05, 0.1) is 25.1 Å². The highest BCUT2D eigenvalue weighted by atomic mass is 31.2. The van der Waals surface area contributed by atoms with Crippen LogP contribution in [0.3, 0.4) is 0 Å². The topological polar surface area (TPSA) is 167 Å². The van der Waals surface area contributed by atoms with E-state index in [1.807, 2.05) is 6.92 Å². The monoisotopic (exact) mass is 367 g/mol.